The molecule has 0 saturated carbocycles. The van der Waals surface area contributed by atoms with Crippen molar-refractivity contribution in [2.45, 2.75) is 38.3 Å². The van der Waals surface area contributed by atoms with Gasteiger partial charge in [-0.3, -0.25) is 4.79 Å². The Kier molecular flexibility index (Phi) is 4.53. The minimum atomic E-state index is -0.239. The van der Waals surface area contributed by atoms with Gasteiger partial charge in [0.1, 0.15) is 6.10 Å². The lowest BCUT2D eigenvalue weighted by molar-refractivity contribution is -0.130. The van der Waals surface area contributed by atoms with E-state index in [1.807, 2.05) is 6.92 Å². The zero-order valence-corrected chi connectivity index (χ0v) is 8.64. The van der Waals surface area contributed by atoms with Gasteiger partial charge in [0.25, 0.3) is 0 Å². The summed E-state index contributed by atoms with van der Waals surface area (Å²) in [5.74, 6) is 0.458. The van der Waals surface area contributed by atoms with Gasteiger partial charge >= 0.3 is 0 Å². The van der Waals surface area contributed by atoms with Crippen molar-refractivity contribution in [3.8, 4) is 0 Å². The molecule has 0 radical (unpaired) electrons. The summed E-state index contributed by atoms with van der Waals surface area (Å²) >= 11 is 5.66. The van der Waals surface area contributed by atoms with E-state index < -0.39 is 0 Å². The molecule has 1 rings (SSSR count). The second-order valence-electron chi connectivity index (χ2n) is 3.27. The monoisotopic (exact) mass is 205 g/mol. The van der Waals surface area contributed by atoms with Gasteiger partial charge in [-0.2, -0.15) is 0 Å². The highest BCUT2D eigenvalue weighted by atomic mass is 35.5. The van der Waals surface area contributed by atoms with Crippen molar-refractivity contribution < 1.29 is 9.53 Å². The summed E-state index contributed by atoms with van der Waals surface area (Å²) < 4.78 is 5.25. The van der Waals surface area contributed by atoms with Gasteiger partial charge in [-0.25, -0.2) is 0 Å². The maximum absolute atomic E-state index is 11.5. The average Bonchev–Trinajstić information content (AvgIpc) is 2.66. The van der Waals surface area contributed by atoms with Gasteiger partial charge < -0.3 is 10.1 Å². The maximum atomic E-state index is 11.5. The summed E-state index contributed by atoms with van der Waals surface area (Å²) in [5.41, 5.74) is 0. The topological polar surface area (TPSA) is 38.3 Å². The van der Waals surface area contributed by atoms with E-state index in [0.29, 0.717) is 12.5 Å². The Hall–Kier alpha value is -0.280. The lowest BCUT2D eigenvalue weighted by atomic mass is 10.2. The van der Waals surface area contributed by atoms with Crippen LogP contribution in [0.1, 0.15) is 26.2 Å². The second kappa shape index (κ2) is 5.45. The molecule has 1 fully saturated rings. The van der Waals surface area contributed by atoms with Crippen molar-refractivity contribution >= 4 is 17.5 Å². The third-order valence-corrected chi connectivity index (χ3v) is 2.62. The van der Waals surface area contributed by atoms with E-state index in [4.69, 9.17) is 16.3 Å². The number of carbonyl (C=O) groups is 1. The maximum Gasteiger partial charge on any atom is 0.249 e. The highest BCUT2D eigenvalue weighted by Gasteiger charge is 2.24. The van der Waals surface area contributed by atoms with Crippen LogP contribution >= 0.6 is 11.6 Å². The highest BCUT2D eigenvalue weighted by Crippen LogP contribution is 2.12. The number of amides is 1. The van der Waals surface area contributed by atoms with Crippen molar-refractivity contribution in [2.75, 3.05) is 12.5 Å². The molecule has 1 heterocycles. The van der Waals surface area contributed by atoms with Crippen LogP contribution in [0.3, 0.4) is 0 Å². The normalized spacial score (nSPS) is 24.3. The van der Waals surface area contributed by atoms with Crippen LogP contribution < -0.4 is 5.32 Å². The minimum Gasteiger partial charge on any atom is -0.368 e. The van der Waals surface area contributed by atoms with E-state index in [1.165, 1.54) is 0 Å². The summed E-state index contributed by atoms with van der Waals surface area (Å²) in [6.07, 6.45) is 2.44. The molecule has 0 aromatic carbocycles. The quantitative estimate of drug-likeness (QED) is 0.703. The minimum absolute atomic E-state index is 0.00926. The predicted molar refractivity (Wildman–Crippen MR) is 51.9 cm³/mol. The van der Waals surface area contributed by atoms with Gasteiger partial charge in [0.2, 0.25) is 5.91 Å². The first-order chi connectivity index (χ1) is 6.27. The Balaban J connectivity index is 2.30. The van der Waals surface area contributed by atoms with Crippen LogP contribution in [-0.2, 0) is 9.53 Å². The fraction of sp³-hybridized carbons (Fsp3) is 0.889. The van der Waals surface area contributed by atoms with Crippen molar-refractivity contribution in [1.82, 2.24) is 5.32 Å². The molecule has 4 heteroatoms. The third-order valence-electron chi connectivity index (χ3n) is 2.25. The SMILES string of the molecule is CCC(CCl)NC(=O)C1CCCO1. The average molecular weight is 206 g/mol. The van der Waals surface area contributed by atoms with Crippen LogP contribution in [0, 0.1) is 0 Å². The second-order valence-corrected chi connectivity index (χ2v) is 3.58. The van der Waals surface area contributed by atoms with E-state index in [0.717, 1.165) is 19.3 Å². The molecule has 13 heavy (non-hydrogen) atoms. The third kappa shape index (κ3) is 3.16. The molecular weight excluding hydrogens is 190 g/mol. The molecule has 0 aliphatic carbocycles. The summed E-state index contributed by atoms with van der Waals surface area (Å²) in [6.45, 7) is 2.71. The molecular formula is C9H16ClNO2. The van der Waals surface area contributed by atoms with Crippen molar-refractivity contribution in [3.05, 3.63) is 0 Å². The Morgan fingerprint density at radius 2 is 2.54 bits per heavy atom. The van der Waals surface area contributed by atoms with E-state index in [1.54, 1.807) is 0 Å². The highest BCUT2D eigenvalue weighted by molar-refractivity contribution is 6.18. The van der Waals surface area contributed by atoms with Crippen LogP contribution in [0.4, 0.5) is 0 Å². The smallest absolute Gasteiger partial charge is 0.249 e. The molecule has 0 bridgehead atoms. The van der Waals surface area contributed by atoms with E-state index >= 15 is 0 Å². The summed E-state index contributed by atoms with van der Waals surface area (Å²) in [4.78, 5) is 11.5. The summed E-state index contributed by atoms with van der Waals surface area (Å²) in [6, 6.07) is 0.0818. The van der Waals surface area contributed by atoms with Gasteiger partial charge in [-0.05, 0) is 19.3 Å². The first kappa shape index (κ1) is 10.8. The number of rotatable bonds is 4. The van der Waals surface area contributed by atoms with Gasteiger partial charge in [0.15, 0.2) is 0 Å². The molecule has 1 amide bonds. The van der Waals surface area contributed by atoms with E-state index in [9.17, 15) is 4.79 Å². The molecule has 76 valence electrons. The zero-order chi connectivity index (χ0) is 9.68. The molecule has 1 N–H and O–H groups in total. The number of hydrogen-bond donors (Lipinski definition) is 1. The van der Waals surface area contributed by atoms with Crippen LogP contribution in [0.25, 0.3) is 0 Å². The number of hydrogen-bond acceptors (Lipinski definition) is 2. The van der Waals surface area contributed by atoms with Crippen molar-refractivity contribution in [2.24, 2.45) is 0 Å². The lowest BCUT2D eigenvalue weighted by Gasteiger charge is -2.16. The van der Waals surface area contributed by atoms with Crippen LogP contribution in [0.2, 0.25) is 0 Å². The van der Waals surface area contributed by atoms with Crippen molar-refractivity contribution in [1.29, 1.82) is 0 Å². The Bertz CT molecular complexity index is 165. The summed E-state index contributed by atoms with van der Waals surface area (Å²) in [7, 11) is 0. The molecule has 2 atom stereocenters. The Labute approximate surface area is 83.8 Å². The number of alkyl halides is 1. The Morgan fingerprint density at radius 3 is 3.00 bits per heavy atom. The van der Waals surface area contributed by atoms with Crippen LogP contribution in [0.15, 0.2) is 0 Å². The molecule has 1 saturated heterocycles. The number of halogens is 1. The standard InChI is InChI=1S/C9H16ClNO2/c1-2-7(6-10)11-9(12)8-4-3-5-13-8/h7-8H,2-6H2,1H3,(H,11,12). The molecule has 0 spiro atoms. The molecule has 1 aliphatic rings. The molecule has 0 aromatic rings. The fourth-order valence-electron chi connectivity index (χ4n) is 1.33. The van der Waals surface area contributed by atoms with Gasteiger partial charge in [0, 0.05) is 18.5 Å². The van der Waals surface area contributed by atoms with Gasteiger partial charge in [0.05, 0.1) is 0 Å². The first-order valence-corrected chi connectivity index (χ1v) is 5.29. The number of nitrogens with one attached hydrogen (secondary N) is 1. The molecule has 2 unspecified atom stereocenters. The molecule has 1 aliphatic heterocycles. The van der Waals surface area contributed by atoms with Crippen LogP contribution in [0.5, 0.6) is 0 Å². The van der Waals surface area contributed by atoms with Crippen LogP contribution in [-0.4, -0.2) is 30.5 Å². The van der Waals surface area contributed by atoms with E-state index in [2.05, 4.69) is 5.32 Å². The predicted octanol–water partition coefficient (Wildman–Crippen LogP) is 1.30. The Morgan fingerprint density at radius 1 is 1.77 bits per heavy atom. The zero-order valence-electron chi connectivity index (χ0n) is 7.88. The molecule has 0 aromatic heterocycles. The lowest BCUT2D eigenvalue weighted by Crippen LogP contribution is -2.41. The van der Waals surface area contributed by atoms with Gasteiger partial charge in [-0.15, -0.1) is 11.6 Å². The first-order valence-electron chi connectivity index (χ1n) is 4.75. The largest absolute Gasteiger partial charge is 0.368 e. The van der Waals surface area contributed by atoms with Crippen molar-refractivity contribution in [3.63, 3.8) is 0 Å². The number of ether oxygens (including phenoxy) is 1. The summed E-state index contributed by atoms with van der Waals surface area (Å²) in [5, 5.41) is 2.86. The number of carbonyl (C=O) groups excluding carboxylic acids is 1. The van der Waals surface area contributed by atoms with E-state index in [-0.39, 0.29) is 18.1 Å². The molecule has 3 nitrogen and oxygen atoms in total. The van der Waals surface area contributed by atoms with Gasteiger partial charge in [-0.1, -0.05) is 6.92 Å². The fourth-order valence-corrected chi connectivity index (χ4v) is 1.62.